The third kappa shape index (κ3) is 6.20. The maximum atomic E-state index is 3.98. The maximum Gasteiger partial charge on any atom is 0.0271 e. The number of nitrogens with one attached hydrogen (secondary N) is 2. The number of aromatic nitrogens is 1. The summed E-state index contributed by atoms with van der Waals surface area (Å²) in [5.41, 5.74) is 1.29. The van der Waals surface area contributed by atoms with Crippen molar-refractivity contribution < 1.29 is 0 Å². The van der Waals surface area contributed by atoms with Crippen LogP contribution in [0.25, 0.3) is 0 Å². The first-order valence-corrected chi connectivity index (χ1v) is 5.62. The van der Waals surface area contributed by atoms with Crippen molar-refractivity contribution in [1.29, 1.82) is 0 Å². The minimum Gasteiger partial charge on any atom is -0.314 e. The summed E-state index contributed by atoms with van der Waals surface area (Å²) < 4.78 is 0. The first kappa shape index (κ1) is 12.1. The minimum atomic E-state index is 0.588. The van der Waals surface area contributed by atoms with Crippen LogP contribution in [0.15, 0.2) is 24.5 Å². The highest BCUT2D eigenvalue weighted by Crippen LogP contribution is 1.94. The standard InChI is InChI=1S/C12H21N3/c1-11(2)15-7-3-6-14-10-12-4-8-13-9-5-12/h4-5,8-9,11,14-15H,3,6-7,10H2,1-2H3. The van der Waals surface area contributed by atoms with E-state index in [9.17, 15) is 0 Å². The predicted molar refractivity (Wildman–Crippen MR) is 63.7 cm³/mol. The van der Waals surface area contributed by atoms with Gasteiger partial charge in [-0.1, -0.05) is 13.8 Å². The molecule has 0 atom stereocenters. The van der Waals surface area contributed by atoms with Gasteiger partial charge in [-0.05, 0) is 37.2 Å². The van der Waals surface area contributed by atoms with Crippen LogP contribution in [0.2, 0.25) is 0 Å². The average Bonchev–Trinajstić information content (AvgIpc) is 2.24. The maximum absolute atomic E-state index is 3.98. The molecule has 0 fully saturated rings. The molecule has 15 heavy (non-hydrogen) atoms. The van der Waals surface area contributed by atoms with Crippen molar-refractivity contribution in [2.75, 3.05) is 13.1 Å². The van der Waals surface area contributed by atoms with Crippen LogP contribution in [0.1, 0.15) is 25.8 Å². The summed E-state index contributed by atoms with van der Waals surface area (Å²) in [6.45, 7) is 7.42. The number of hydrogen-bond acceptors (Lipinski definition) is 3. The van der Waals surface area contributed by atoms with Crippen molar-refractivity contribution in [3.63, 3.8) is 0 Å². The van der Waals surface area contributed by atoms with Crippen molar-refractivity contribution in [1.82, 2.24) is 15.6 Å². The fraction of sp³-hybridized carbons (Fsp3) is 0.583. The monoisotopic (exact) mass is 207 g/mol. The van der Waals surface area contributed by atoms with Crippen LogP contribution in [0, 0.1) is 0 Å². The molecular weight excluding hydrogens is 186 g/mol. The molecule has 0 aromatic carbocycles. The molecule has 0 saturated heterocycles. The Kier molecular flexibility index (Phi) is 5.97. The SMILES string of the molecule is CC(C)NCCCNCc1ccncc1. The van der Waals surface area contributed by atoms with E-state index >= 15 is 0 Å². The lowest BCUT2D eigenvalue weighted by molar-refractivity contribution is 0.547. The highest BCUT2D eigenvalue weighted by atomic mass is 14.9. The summed E-state index contributed by atoms with van der Waals surface area (Å²) in [7, 11) is 0. The van der Waals surface area contributed by atoms with Gasteiger partial charge in [0.1, 0.15) is 0 Å². The van der Waals surface area contributed by atoms with E-state index in [2.05, 4.69) is 29.5 Å². The number of rotatable bonds is 7. The van der Waals surface area contributed by atoms with Crippen LogP contribution in [0.3, 0.4) is 0 Å². The molecule has 2 N–H and O–H groups in total. The molecule has 3 heteroatoms. The van der Waals surface area contributed by atoms with Crippen LogP contribution in [-0.4, -0.2) is 24.1 Å². The lowest BCUT2D eigenvalue weighted by atomic mass is 10.2. The Labute approximate surface area is 92.3 Å². The Hall–Kier alpha value is -0.930. The lowest BCUT2D eigenvalue weighted by Gasteiger charge is -2.08. The molecule has 0 saturated carbocycles. The van der Waals surface area contributed by atoms with Gasteiger partial charge >= 0.3 is 0 Å². The van der Waals surface area contributed by atoms with Gasteiger partial charge in [0.05, 0.1) is 0 Å². The average molecular weight is 207 g/mol. The first-order chi connectivity index (χ1) is 7.29. The van der Waals surface area contributed by atoms with E-state index < -0.39 is 0 Å². The van der Waals surface area contributed by atoms with E-state index in [0.717, 1.165) is 19.6 Å². The fourth-order valence-corrected chi connectivity index (χ4v) is 1.34. The van der Waals surface area contributed by atoms with Gasteiger partial charge in [-0.25, -0.2) is 0 Å². The smallest absolute Gasteiger partial charge is 0.0271 e. The quantitative estimate of drug-likeness (QED) is 0.666. The summed E-state index contributed by atoms with van der Waals surface area (Å²) in [4.78, 5) is 3.98. The zero-order valence-electron chi connectivity index (χ0n) is 9.66. The van der Waals surface area contributed by atoms with Crippen molar-refractivity contribution in [3.05, 3.63) is 30.1 Å². The molecule has 0 spiro atoms. The van der Waals surface area contributed by atoms with Gasteiger partial charge in [0.15, 0.2) is 0 Å². The molecule has 0 unspecified atom stereocenters. The van der Waals surface area contributed by atoms with Crippen molar-refractivity contribution in [2.24, 2.45) is 0 Å². The second-order valence-electron chi connectivity index (χ2n) is 3.99. The number of pyridine rings is 1. The molecule has 1 aromatic rings. The van der Waals surface area contributed by atoms with Gasteiger partial charge in [0.25, 0.3) is 0 Å². The van der Waals surface area contributed by atoms with Gasteiger partial charge in [0, 0.05) is 25.0 Å². The first-order valence-electron chi connectivity index (χ1n) is 5.62. The van der Waals surface area contributed by atoms with E-state index in [1.807, 2.05) is 24.5 Å². The Morgan fingerprint density at radius 2 is 1.93 bits per heavy atom. The lowest BCUT2D eigenvalue weighted by Crippen LogP contribution is -2.26. The van der Waals surface area contributed by atoms with Crippen molar-refractivity contribution in [3.8, 4) is 0 Å². The summed E-state index contributed by atoms with van der Waals surface area (Å²) in [6.07, 6.45) is 4.83. The molecule has 1 rings (SSSR count). The van der Waals surface area contributed by atoms with Gasteiger partial charge < -0.3 is 10.6 Å². The summed E-state index contributed by atoms with van der Waals surface area (Å²) >= 11 is 0. The molecule has 0 aliphatic heterocycles. The second-order valence-corrected chi connectivity index (χ2v) is 3.99. The Morgan fingerprint density at radius 1 is 1.20 bits per heavy atom. The van der Waals surface area contributed by atoms with Crippen LogP contribution in [-0.2, 0) is 6.54 Å². The Bertz CT molecular complexity index is 246. The van der Waals surface area contributed by atoms with E-state index in [4.69, 9.17) is 0 Å². The van der Waals surface area contributed by atoms with Crippen LogP contribution < -0.4 is 10.6 Å². The van der Waals surface area contributed by atoms with Crippen LogP contribution in [0.4, 0.5) is 0 Å². The third-order valence-corrected chi connectivity index (χ3v) is 2.16. The van der Waals surface area contributed by atoms with E-state index in [0.29, 0.717) is 6.04 Å². The molecule has 0 radical (unpaired) electrons. The Morgan fingerprint density at radius 3 is 2.60 bits per heavy atom. The molecule has 0 aliphatic rings. The zero-order chi connectivity index (χ0) is 10.9. The minimum absolute atomic E-state index is 0.588. The van der Waals surface area contributed by atoms with Gasteiger partial charge in [-0.3, -0.25) is 4.98 Å². The van der Waals surface area contributed by atoms with E-state index in [1.165, 1.54) is 12.0 Å². The highest BCUT2D eigenvalue weighted by Gasteiger charge is 1.93. The molecule has 0 aliphatic carbocycles. The second kappa shape index (κ2) is 7.37. The van der Waals surface area contributed by atoms with E-state index in [1.54, 1.807) is 0 Å². The third-order valence-electron chi connectivity index (χ3n) is 2.16. The zero-order valence-corrected chi connectivity index (χ0v) is 9.66. The fourth-order valence-electron chi connectivity index (χ4n) is 1.34. The normalized spacial score (nSPS) is 10.9. The van der Waals surface area contributed by atoms with Crippen molar-refractivity contribution in [2.45, 2.75) is 32.9 Å². The molecular formula is C12H21N3. The van der Waals surface area contributed by atoms with Gasteiger partial charge in [-0.15, -0.1) is 0 Å². The summed E-state index contributed by atoms with van der Waals surface area (Å²) in [5, 5.41) is 6.80. The molecule has 0 bridgehead atoms. The van der Waals surface area contributed by atoms with E-state index in [-0.39, 0.29) is 0 Å². The molecule has 3 nitrogen and oxygen atoms in total. The van der Waals surface area contributed by atoms with Crippen LogP contribution >= 0.6 is 0 Å². The molecule has 1 aromatic heterocycles. The summed E-state index contributed by atoms with van der Waals surface area (Å²) in [6, 6.07) is 4.67. The number of hydrogen-bond donors (Lipinski definition) is 2. The number of nitrogens with zero attached hydrogens (tertiary/aromatic N) is 1. The molecule has 0 amide bonds. The largest absolute Gasteiger partial charge is 0.314 e. The predicted octanol–water partition coefficient (Wildman–Crippen LogP) is 1.56. The topological polar surface area (TPSA) is 37.0 Å². The summed E-state index contributed by atoms with van der Waals surface area (Å²) in [5.74, 6) is 0. The Balaban J connectivity index is 1.98. The molecule has 84 valence electrons. The highest BCUT2D eigenvalue weighted by molar-refractivity contribution is 5.08. The van der Waals surface area contributed by atoms with Crippen LogP contribution in [0.5, 0.6) is 0 Å². The van der Waals surface area contributed by atoms with Gasteiger partial charge in [0.2, 0.25) is 0 Å². The molecule has 1 heterocycles. The van der Waals surface area contributed by atoms with Gasteiger partial charge in [-0.2, -0.15) is 0 Å². The van der Waals surface area contributed by atoms with Crippen molar-refractivity contribution >= 4 is 0 Å².